The Balaban J connectivity index is 1.39. The van der Waals surface area contributed by atoms with Crippen LogP contribution in [0.5, 0.6) is 5.75 Å². The summed E-state index contributed by atoms with van der Waals surface area (Å²) in [5.41, 5.74) is 4.09. The van der Waals surface area contributed by atoms with E-state index in [4.69, 9.17) is 4.74 Å². The molecule has 2 aliphatic rings. The summed E-state index contributed by atoms with van der Waals surface area (Å²) in [5.74, 6) is 0.490. The fourth-order valence-corrected chi connectivity index (χ4v) is 4.12. The molecule has 0 bridgehead atoms. The van der Waals surface area contributed by atoms with E-state index in [1.54, 1.807) is 36.4 Å². The van der Waals surface area contributed by atoms with Gasteiger partial charge in [-0.2, -0.15) is 0 Å². The number of rotatable bonds is 5. The van der Waals surface area contributed by atoms with Crippen molar-refractivity contribution in [2.45, 2.75) is 31.3 Å². The fraction of sp³-hybridized carbons (Fsp3) is 0.240. The summed E-state index contributed by atoms with van der Waals surface area (Å²) < 4.78 is 20.0. The Morgan fingerprint density at radius 3 is 2.60 bits per heavy atom. The van der Waals surface area contributed by atoms with Gasteiger partial charge in [0.15, 0.2) is 0 Å². The van der Waals surface area contributed by atoms with E-state index < -0.39 is 5.41 Å². The van der Waals surface area contributed by atoms with Crippen molar-refractivity contribution >= 4 is 11.6 Å². The van der Waals surface area contributed by atoms with Crippen molar-refractivity contribution in [1.29, 1.82) is 0 Å². The molecule has 2 N–H and O–H groups in total. The van der Waals surface area contributed by atoms with Crippen molar-refractivity contribution in [2.75, 3.05) is 11.9 Å². The maximum absolute atomic E-state index is 14.4. The first-order valence-corrected chi connectivity index (χ1v) is 10.2. The topological polar surface area (TPSA) is 58.6 Å². The number of amides is 1. The molecule has 3 aromatic carbocycles. The highest BCUT2D eigenvalue weighted by atomic mass is 19.1. The largest absolute Gasteiger partial charge is 0.493 e. The van der Waals surface area contributed by atoms with E-state index >= 15 is 0 Å². The molecule has 0 unspecified atom stereocenters. The summed E-state index contributed by atoms with van der Waals surface area (Å²) in [6, 6.07) is 17.7. The molecule has 1 heterocycles. The van der Waals surface area contributed by atoms with Gasteiger partial charge in [0.2, 0.25) is 5.91 Å². The van der Waals surface area contributed by atoms with Crippen LogP contribution in [0.4, 0.5) is 10.1 Å². The minimum atomic E-state index is -0.519. The molecule has 4 nitrogen and oxygen atoms in total. The first-order valence-electron chi connectivity index (χ1n) is 10.2. The Morgan fingerprint density at radius 2 is 1.87 bits per heavy atom. The molecule has 152 valence electrons. The third kappa shape index (κ3) is 3.25. The van der Waals surface area contributed by atoms with Crippen LogP contribution in [-0.4, -0.2) is 17.6 Å². The molecule has 1 saturated carbocycles. The van der Waals surface area contributed by atoms with E-state index in [2.05, 4.69) is 11.4 Å². The predicted octanol–water partition coefficient (Wildman–Crippen LogP) is 4.59. The van der Waals surface area contributed by atoms with E-state index in [1.165, 1.54) is 6.07 Å². The van der Waals surface area contributed by atoms with Gasteiger partial charge in [0.1, 0.15) is 11.6 Å². The SMILES string of the molecule is O=C(Nc1ccc(F)c(-c2ccc(CO)cc2)c1)C1(c2ccc3c(c2)CCO3)CC1. The number of ether oxygens (including phenoxy) is 1. The average Bonchev–Trinajstić information content (AvgIpc) is 3.46. The smallest absolute Gasteiger partial charge is 0.235 e. The Labute approximate surface area is 174 Å². The summed E-state index contributed by atoms with van der Waals surface area (Å²) in [4.78, 5) is 13.1. The van der Waals surface area contributed by atoms with Crippen LogP contribution in [0.25, 0.3) is 11.1 Å². The second-order valence-electron chi connectivity index (χ2n) is 8.01. The molecule has 0 atom stereocenters. The van der Waals surface area contributed by atoms with Crippen molar-refractivity contribution in [1.82, 2.24) is 0 Å². The molecule has 1 aliphatic carbocycles. The van der Waals surface area contributed by atoms with E-state index in [1.807, 2.05) is 12.1 Å². The number of nitrogens with one attached hydrogen (secondary N) is 1. The summed E-state index contributed by atoms with van der Waals surface area (Å²) >= 11 is 0. The number of carbonyl (C=O) groups is 1. The molecule has 30 heavy (non-hydrogen) atoms. The van der Waals surface area contributed by atoms with Gasteiger partial charge < -0.3 is 15.2 Å². The van der Waals surface area contributed by atoms with Gasteiger partial charge in [-0.05, 0) is 59.4 Å². The van der Waals surface area contributed by atoms with Gasteiger partial charge in [-0.1, -0.05) is 36.4 Å². The molecule has 0 saturated heterocycles. The number of fused-ring (bicyclic) bond motifs is 1. The zero-order valence-corrected chi connectivity index (χ0v) is 16.5. The van der Waals surface area contributed by atoms with Crippen LogP contribution >= 0.6 is 0 Å². The molecule has 1 fully saturated rings. The standard InChI is InChI=1S/C25H22FNO3/c26-22-7-6-20(14-21(22)17-3-1-16(15-28)2-4-17)27-24(29)25(10-11-25)19-5-8-23-18(13-19)9-12-30-23/h1-8,13-14,28H,9-12,15H2,(H,27,29). The number of benzene rings is 3. The summed E-state index contributed by atoms with van der Waals surface area (Å²) in [6.07, 6.45) is 2.47. The van der Waals surface area contributed by atoms with Crippen LogP contribution in [0.1, 0.15) is 29.5 Å². The average molecular weight is 403 g/mol. The Morgan fingerprint density at radius 1 is 1.07 bits per heavy atom. The minimum absolute atomic E-state index is 0.0598. The molecule has 5 heteroatoms. The van der Waals surface area contributed by atoms with E-state index in [0.717, 1.165) is 41.7 Å². The molecule has 0 aromatic heterocycles. The molecule has 1 amide bonds. The Bertz CT molecular complexity index is 1120. The van der Waals surface area contributed by atoms with Gasteiger partial charge in [-0.25, -0.2) is 4.39 Å². The van der Waals surface area contributed by atoms with Gasteiger partial charge in [-0.15, -0.1) is 0 Å². The summed E-state index contributed by atoms with van der Waals surface area (Å²) in [5, 5.41) is 12.2. The molecule has 5 rings (SSSR count). The number of aliphatic hydroxyl groups excluding tert-OH is 1. The zero-order chi connectivity index (χ0) is 20.7. The molecular weight excluding hydrogens is 381 g/mol. The van der Waals surface area contributed by atoms with Crippen LogP contribution in [0.15, 0.2) is 60.7 Å². The van der Waals surface area contributed by atoms with Crippen molar-refractivity contribution in [2.24, 2.45) is 0 Å². The molecule has 0 radical (unpaired) electrons. The van der Waals surface area contributed by atoms with E-state index in [9.17, 15) is 14.3 Å². The van der Waals surface area contributed by atoms with E-state index in [-0.39, 0.29) is 18.3 Å². The Hall–Kier alpha value is -3.18. The highest BCUT2D eigenvalue weighted by molar-refractivity contribution is 6.01. The number of hydrogen-bond donors (Lipinski definition) is 2. The normalized spacial score (nSPS) is 15.9. The van der Waals surface area contributed by atoms with Gasteiger partial charge in [-0.3, -0.25) is 4.79 Å². The Kier molecular flexibility index (Phi) is 4.55. The quantitative estimate of drug-likeness (QED) is 0.655. The number of carbonyl (C=O) groups excluding carboxylic acids is 1. The number of anilines is 1. The van der Waals surface area contributed by atoms with Crippen molar-refractivity contribution < 1.29 is 19.0 Å². The van der Waals surface area contributed by atoms with Crippen LogP contribution in [0.2, 0.25) is 0 Å². The monoisotopic (exact) mass is 403 g/mol. The minimum Gasteiger partial charge on any atom is -0.493 e. The molecule has 3 aromatic rings. The summed E-state index contributed by atoms with van der Waals surface area (Å²) in [7, 11) is 0. The second kappa shape index (κ2) is 7.26. The first kappa shape index (κ1) is 18.8. The van der Waals surface area contributed by atoms with Gasteiger partial charge in [0.25, 0.3) is 0 Å². The highest BCUT2D eigenvalue weighted by Crippen LogP contribution is 2.50. The van der Waals surface area contributed by atoms with E-state index in [0.29, 0.717) is 23.4 Å². The molecule has 0 spiro atoms. The third-order valence-corrected chi connectivity index (χ3v) is 6.10. The number of aliphatic hydroxyl groups is 1. The van der Waals surface area contributed by atoms with Gasteiger partial charge >= 0.3 is 0 Å². The van der Waals surface area contributed by atoms with Crippen molar-refractivity contribution in [3.8, 4) is 16.9 Å². The summed E-state index contributed by atoms with van der Waals surface area (Å²) in [6.45, 7) is 0.630. The first-order chi connectivity index (χ1) is 14.6. The lowest BCUT2D eigenvalue weighted by molar-refractivity contribution is -0.118. The van der Waals surface area contributed by atoms with Crippen molar-refractivity contribution in [3.63, 3.8) is 0 Å². The number of halogens is 1. The van der Waals surface area contributed by atoms with Crippen LogP contribution < -0.4 is 10.1 Å². The van der Waals surface area contributed by atoms with Crippen LogP contribution in [-0.2, 0) is 23.2 Å². The predicted molar refractivity (Wildman–Crippen MR) is 113 cm³/mol. The van der Waals surface area contributed by atoms with Crippen LogP contribution in [0, 0.1) is 5.82 Å². The lowest BCUT2D eigenvalue weighted by Gasteiger charge is -2.17. The number of hydrogen-bond acceptors (Lipinski definition) is 3. The highest BCUT2D eigenvalue weighted by Gasteiger charge is 2.51. The molecule has 1 aliphatic heterocycles. The lowest BCUT2D eigenvalue weighted by Crippen LogP contribution is -2.27. The lowest BCUT2D eigenvalue weighted by atomic mass is 9.92. The van der Waals surface area contributed by atoms with Gasteiger partial charge in [0, 0.05) is 17.7 Å². The maximum atomic E-state index is 14.4. The maximum Gasteiger partial charge on any atom is 0.235 e. The zero-order valence-electron chi connectivity index (χ0n) is 16.5. The molecular formula is C25H22FNO3. The van der Waals surface area contributed by atoms with Crippen LogP contribution in [0.3, 0.4) is 0 Å². The van der Waals surface area contributed by atoms with Gasteiger partial charge in [0.05, 0.1) is 18.6 Å². The fourth-order valence-electron chi connectivity index (χ4n) is 4.12. The van der Waals surface area contributed by atoms with Crippen molar-refractivity contribution in [3.05, 3.63) is 83.2 Å². The second-order valence-corrected chi connectivity index (χ2v) is 8.01. The third-order valence-electron chi connectivity index (χ3n) is 6.10.